The third kappa shape index (κ3) is 2.46. The average molecular weight is 310 g/mol. The number of nitrogens with zero attached hydrogens (tertiary/aromatic N) is 4. The Kier molecular flexibility index (Phi) is 3.54. The number of hydrogen-bond donors (Lipinski definition) is 1. The van der Waals surface area contributed by atoms with E-state index in [2.05, 4.69) is 38.2 Å². The van der Waals surface area contributed by atoms with E-state index in [1.807, 2.05) is 6.20 Å². The Morgan fingerprint density at radius 1 is 1.40 bits per heavy atom. The van der Waals surface area contributed by atoms with Crippen LogP contribution in [0.25, 0.3) is 21.6 Å². The second-order valence-electron chi connectivity index (χ2n) is 4.68. The van der Waals surface area contributed by atoms with Crippen molar-refractivity contribution in [1.82, 2.24) is 24.3 Å². The lowest BCUT2D eigenvalue weighted by Gasteiger charge is -2.08. The van der Waals surface area contributed by atoms with Crippen LogP contribution < -0.4 is 4.74 Å². The molecule has 0 unspecified atom stereocenters. The van der Waals surface area contributed by atoms with Gasteiger partial charge in [0, 0.05) is 11.8 Å². The smallest absolute Gasteiger partial charge is 0.234 e. The van der Waals surface area contributed by atoms with E-state index in [4.69, 9.17) is 16.3 Å². The fraction of sp³-hybridized carbons (Fsp3) is 0.333. The molecule has 104 valence electrons. The molecule has 0 aromatic carbocycles. The first-order valence-corrected chi connectivity index (χ1v) is 7.24. The zero-order valence-electron chi connectivity index (χ0n) is 10.9. The minimum Gasteiger partial charge on any atom is -0.477 e. The molecule has 0 aliphatic rings. The van der Waals surface area contributed by atoms with Crippen LogP contribution in [0.1, 0.15) is 13.8 Å². The monoisotopic (exact) mass is 309 g/mol. The first kappa shape index (κ1) is 13.3. The second kappa shape index (κ2) is 5.34. The Bertz CT molecular complexity index is 738. The molecule has 0 radical (unpaired) electrons. The Labute approximate surface area is 124 Å². The largest absolute Gasteiger partial charge is 0.477 e. The third-order valence-electron chi connectivity index (χ3n) is 2.62. The minimum absolute atomic E-state index is 0.237. The van der Waals surface area contributed by atoms with Crippen molar-refractivity contribution in [3.05, 3.63) is 17.8 Å². The van der Waals surface area contributed by atoms with Crippen LogP contribution in [-0.2, 0) is 0 Å². The minimum atomic E-state index is 0.237. The van der Waals surface area contributed by atoms with Gasteiger partial charge in [-0.25, -0.2) is 15.0 Å². The number of rotatable bonds is 4. The molecule has 0 fully saturated rings. The van der Waals surface area contributed by atoms with Crippen LogP contribution in [0.3, 0.4) is 0 Å². The molecular weight excluding hydrogens is 298 g/mol. The fourth-order valence-electron chi connectivity index (χ4n) is 1.77. The number of fused-ring (bicyclic) bond motifs is 1. The third-order valence-corrected chi connectivity index (χ3v) is 3.64. The molecule has 0 spiro atoms. The number of aromatic nitrogens is 5. The van der Waals surface area contributed by atoms with Crippen molar-refractivity contribution in [3.63, 3.8) is 0 Å². The van der Waals surface area contributed by atoms with Gasteiger partial charge in [0.1, 0.15) is 17.0 Å². The summed E-state index contributed by atoms with van der Waals surface area (Å²) < 4.78 is 9.74. The van der Waals surface area contributed by atoms with Crippen molar-refractivity contribution in [1.29, 1.82) is 0 Å². The van der Waals surface area contributed by atoms with Crippen molar-refractivity contribution < 1.29 is 4.74 Å². The first-order chi connectivity index (χ1) is 9.65. The lowest BCUT2D eigenvalue weighted by molar-refractivity contribution is 0.264. The Morgan fingerprint density at radius 3 is 2.95 bits per heavy atom. The highest BCUT2D eigenvalue weighted by molar-refractivity contribution is 7.09. The molecule has 0 saturated carbocycles. The molecule has 1 N–H and O–H groups in total. The highest BCUT2D eigenvalue weighted by Gasteiger charge is 2.17. The van der Waals surface area contributed by atoms with E-state index in [9.17, 15) is 0 Å². The van der Waals surface area contributed by atoms with Crippen molar-refractivity contribution in [2.75, 3.05) is 6.61 Å². The lowest BCUT2D eigenvalue weighted by atomic mass is 10.2. The van der Waals surface area contributed by atoms with Crippen LogP contribution in [0.4, 0.5) is 0 Å². The predicted octanol–water partition coefficient (Wildman–Crippen LogP) is 3.16. The second-order valence-corrected chi connectivity index (χ2v) is 5.77. The van der Waals surface area contributed by atoms with Crippen LogP contribution >= 0.6 is 23.1 Å². The van der Waals surface area contributed by atoms with Gasteiger partial charge in [-0.15, -0.1) is 0 Å². The van der Waals surface area contributed by atoms with E-state index >= 15 is 0 Å². The van der Waals surface area contributed by atoms with Gasteiger partial charge in [0.05, 0.1) is 12.0 Å². The Morgan fingerprint density at radius 2 is 2.25 bits per heavy atom. The lowest BCUT2D eigenvalue weighted by Crippen LogP contribution is -2.06. The number of ether oxygens (including phenoxy) is 1. The van der Waals surface area contributed by atoms with Crippen LogP contribution in [0.15, 0.2) is 12.5 Å². The van der Waals surface area contributed by atoms with Gasteiger partial charge in [0.15, 0.2) is 0 Å². The van der Waals surface area contributed by atoms with Crippen LogP contribution in [0, 0.1) is 5.92 Å². The SMILES string of the molecule is CC(C)COc1ncnc2[nH]cc(-c3nc(Cl)ns3)c12. The van der Waals surface area contributed by atoms with E-state index in [1.54, 1.807) is 0 Å². The number of H-pyrrole nitrogens is 1. The van der Waals surface area contributed by atoms with E-state index in [-0.39, 0.29) is 5.28 Å². The van der Waals surface area contributed by atoms with Gasteiger partial charge in [-0.3, -0.25) is 0 Å². The van der Waals surface area contributed by atoms with Crippen molar-refractivity contribution in [3.8, 4) is 16.5 Å². The number of hydrogen-bond acceptors (Lipinski definition) is 6. The summed E-state index contributed by atoms with van der Waals surface area (Å²) >= 11 is 7.02. The van der Waals surface area contributed by atoms with Crippen LogP contribution in [0.5, 0.6) is 5.88 Å². The fourth-order valence-corrected chi connectivity index (χ4v) is 2.60. The molecule has 20 heavy (non-hydrogen) atoms. The molecule has 0 amide bonds. The molecular formula is C12H12ClN5OS. The highest BCUT2D eigenvalue weighted by Crippen LogP contribution is 2.34. The Balaban J connectivity index is 2.09. The van der Waals surface area contributed by atoms with Gasteiger partial charge in [-0.05, 0) is 29.1 Å². The summed E-state index contributed by atoms with van der Waals surface area (Å²) in [5.74, 6) is 0.963. The molecule has 0 aliphatic heterocycles. The van der Waals surface area contributed by atoms with Gasteiger partial charge in [0.25, 0.3) is 0 Å². The zero-order chi connectivity index (χ0) is 14.1. The van der Waals surface area contributed by atoms with Gasteiger partial charge >= 0.3 is 0 Å². The van der Waals surface area contributed by atoms with Crippen LogP contribution in [-0.4, -0.2) is 30.9 Å². The summed E-state index contributed by atoms with van der Waals surface area (Å²) in [4.78, 5) is 15.7. The zero-order valence-corrected chi connectivity index (χ0v) is 12.5. The number of nitrogens with one attached hydrogen (secondary N) is 1. The summed E-state index contributed by atoms with van der Waals surface area (Å²) in [6.07, 6.45) is 3.30. The average Bonchev–Trinajstić information content (AvgIpc) is 3.02. The first-order valence-electron chi connectivity index (χ1n) is 6.09. The molecule has 0 atom stereocenters. The number of halogens is 1. The summed E-state index contributed by atoms with van der Waals surface area (Å²) in [7, 11) is 0. The summed E-state index contributed by atoms with van der Waals surface area (Å²) in [6.45, 7) is 4.76. The van der Waals surface area contributed by atoms with E-state index < -0.39 is 0 Å². The van der Waals surface area contributed by atoms with E-state index in [0.29, 0.717) is 29.1 Å². The van der Waals surface area contributed by atoms with Crippen molar-refractivity contribution in [2.24, 2.45) is 5.92 Å². The predicted molar refractivity (Wildman–Crippen MR) is 78.1 cm³/mol. The van der Waals surface area contributed by atoms with Gasteiger partial charge in [-0.2, -0.15) is 4.37 Å². The molecule has 0 saturated heterocycles. The molecule has 3 aromatic rings. The van der Waals surface area contributed by atoms with Gasteiger partial charge in [-0.1, -0.05) is 13.8 Å². The maximum Gasteiger partial charge on any atom is 0.234 e. The van der Waals surface area contributed by atoms with Gasteiger partial charge in [0.2, 0.25) is 11.2 Å². The standard InChI is InChI=1S/C12H12ClN5OS/c1-6(2)4-19-10-8-7(11-17-12(13)18-20-11)3-14-9(8)15-5-16-10/h3,5-6H,4H2,1-2H3,(H,14,15,16). The highest BCUT2D eigenvalue weighted by atomic mass is 35.5. The summed E-state index contributed by atoms with van der Waals surface area (Å²) in [5.41, 5.74) is 1.56. The molecule has 0 bridgehead atoms. The molecule has 3 rings (SSSR count). The normalized spacial score (nSPS) is 11.4. The van der Waals surface area contributed by atoms with E-state index in [1.165, 1.54) is 17.9 Å². The molecule has 3 aromatic heterocycles. The summed E-state index contributed by atoms with van der Waals surface area (Å²) in [5, 5.41) is 1.76. The topological polar surface area (TPSA) is 76.6 Å². The van der Waals surface area contributed by atoms with Crippen LogP contribution in [0.2, 0.25) is 5.28 Å². The molecule has 6 nitrogen and oxygen atoms in total. The number of aromatic amines is 1. The van der Waals surface area contributed by atoms with E-state index in [0.717, 1.165) is 10.9 Å². The van der Waals surface area contributed by atoms with Crippen molar-refractivity contribution in [2.45, 2.75) is 13.8 Å². The van der Waals surface area contributed by atoms with Gasteiger partial charge < -0.3 is 9.72 Å². The summed E-state index contributed by atoms with van der Waals surface area (Å²) in [6, 6.07) is 0. The maximum absolute atomic E-state index is 5.79. The maximum atomic E-state index is 5.79. The Hall–Kier alpha value is -1.73. The molecule has 0 aliphatic carbocycles. The molecule has 3 heterocycles. The quantitative estimate of drug-likeness (QED) is 0.801. The van der Waals surface area contributed by atoms with Crippen molar-refractivity contribution >= 4 is 34.2 Å². The molecule has 8 heteroatoms.